The summed E-state index contributed by atoms with van der Waals surface area (Å²) in [5.74, 6) is 1.98. The molecule has 2 saturated carbocycles. The summed E-state index contributed by atoms with van der Waals surface area (Å²) < 4.78 is 4.78. The van der Waals surface area contributed by atoms with Gasteiger partial charge in [0.2, 0.25) is 5.91 Å². The van der Waals surface area contributed by atoms with Gasteiger partial charge in [-0.1, -0.05) is 6.42 Å². The van der Waals surface area contributed by atoms with Gasteiger partial charge >= 0.3 is 5.97 Å². The van der Waals surface area contributed by atoms with E-state index in [0.717, 1.165) is 38.3 Å². The van der Waals surface area contributed by atoms with Crippen molar-refractivity contribution < 1.29 is 14.3 Å². The van der Waals surface area contributed by atoms with Gasteiger partial charge in [-0.25, -0.2) is 0 Å². The van der Waals surface area contributed by atoms with Crippen LogP contribution in [-0.4, -0.2) is 37.0 Å². The van der Waals surface area contributed by atoms with Crippen LogP contribution in [0.4, 0.5) is 0 Å². The molecule has 0 spiro atoms. The first-order chi connectivity index (χ1) is 9.19. The highest BCUT2D eigenvalue weighted by Gasteiger charge is 2.44. The van der Waals surface area contributed by atoms with E-state index in [0.29, 0.717) is 11.8 Å². The van der Waals surface area contributed by atoms with Crippen molar-refractivity contribution in [2.75, 3.05) is 20.2 Å². The number of carbonyl (C=O) groups is 2. The number of methoxy groups -OCH3 is 1. The molecular weight excluding hydrogens is 242 g/mol. The number of likely N-dealkylation sites (tertiary alicyclic amines) is 1. The van der Waals surface area contributed by atoms with Crippen molar-refractivity contribution in [2.45, 2.75) is 38.5 Å². The van der Waals surface area contributed by atoms with Gasteiger partial charge in [-0.2, -0.15) is 0 Å². The van der Waals surface area contributed by atoms with Crippen LogP contribution in [0.15, 0.2) is 0 Å². The molecule has 3 fully saturated rings. The van der Waals surface area contributed by atoms with Gasteiger partial charge in [0, 0.05) is 19.0 Å². The van der Waals surface area contributed by atoms with Crippen molar-refractivity contribution in [1.82, 2.24) is 4.90 Å². The summed E-state index contributed by atoms with van der Waals surface area (Å²) >= 11 is 0. The minimum atomic E-state index is -0.118. The molecule has 0 N–H and O–H groups in total. The van der Waals surface area contributed by atoms with Gasteiger partial charge < -0.3 is 9.64 Å². The largest absolute Gasteiger partial charge is 0.469 e. The second kappa shape index (κ2) is 5.14. The van der Waals surface area contributed by atoms with E-state index < -0.39 is 0 Å². The van der Waals surface area contributed by atoms with Gasteiger partial charge in [-0.3, -0.25) is 9.59 Å². The van der Waals surface area contributed by atoms with E-state index in [-0.39, 0.29) is 17.8 Å². The standard InChI is InChI=1S/C15H23NO3/c1-19-15(18)11-4-6-16(7-5-11)14(17)13-9-10-2-3-12(13)8-10/h10-13H,2-9H2,1H3. The second-order valence-corrected chi connectivity index (χ2v) is 6.40. The maximum Gasteiger partial charge on any atom is 0.308 e. The van der Waals surface area contributed by atoms with Gasteiger partial charge in [0.05, 0.1) is 13.0 Å². The van der Waals surface area contributed by atoms with Gasteiger partial charge in [0.15, 0.2) is 0 Å². The average molecular weight is 265 g/mol. The molecule has 4 nitrogen and oxygen atoms in total. The lowest BCUT2D eigenvalue weighted by Crippen LogP contribution is -2.44. The average Bonchev–Trinajstić information content (AvgIpc) is 3.08. The minimum Gasteiger partial charge on any atom is -0.469 e. The number of amides is 1. The van der Waals surface area contributed by atoms with Crippen LogP contribution < -0.4 is 0 Å². The number of nitrogens with zero attached hydrogens (tertiary/aromatic N) is 1. The number of piperidine rings is 1. The van der Waals surface area contributed by atoms with E-state index in [1.165, 1.54) is 26.4 Å². The zero-order chi connectivity index (χ0) is 13.4. The van der Waals surface area contributed by atoms with E-state index in [2.05, 4.69) is 0 Å². The Bertz CT molecular complexity index is 374. The number of fused-ring (bicyclic) bond motifs is 2. The fourth-order valence-corrected chi connectivity index (χ4v) is 4.28. The molecule has 0 aromatic heterocycles. The molecule has 0 aromatic carbocycles. The van der Waals surface area contributed by atoms with Gasteiger partial charge in [0.25, 0.3) is 0 Å². The van der Waals surface area contributed by atoms with Crippen molar-refractivity contribution in [2.24, 2.45) is 23.7 Å². The number of carbonyl (C=O) groups excluding carboxylic acids is 2. The molecule has 0 aromatic rings. The quantitative estimate of drug-likeness (QED) is 0.716. The molecule has 2 bridgehead atoms. The van der Waals surface area contributed by atoms with Crippen LogP contribution in [-0.2, 0) is 14.3 Å². The number of hydrogen-bond acceptors (Lipinski definition) is 3. The molecule has 106 valence electrons. The summed E-state index contributed by atoms with van der Waals surface area (Å²) in [5.41, 5.74) is 0. The highest BCUT2D eigenvalue weighted by atomic mass is 16.5. The highest BCUT2D eigenvalue weighted by Crippen LogP contribution is 2.49. The summed E-state index contributed by atoms with van der Waals surface area (Å²) in [6, 6.07) is 0. The highest BCUT2D eigenvalue weighted by molar-refractivity contribution is 5.80. The second-order valence-electron chi connectivity index (χ2n) is 6.40. The lowest BCUT2D eigenvalue weighted by atomic mass is 9.86. The van der Waals surface area contributed by atoms with Crippen LogP contribution in [0.5, 0.6) is 0 Å². The molecule has 1 aliphatic heterocycles. The van der Waals surface area contributed by atoms with Crippen LogP contribution in [0.3, 0.4) is 0 Å². The van der Waals surface area contributed by atoms with Crippen molar-refractivity contribution in [3.05, 3.63) is 0 Å². The summed E-state index contributed by atoms with van der Waals surface area (Å²) in [6.07, 6.45) is 6.49. The summed E-state index contributed by atoms with van der Waals surface area (Å²) in [6.45, 7) is 1.46. The fraction of sp³-hybridized carbons (Fsp3) is 0.867. The first-order valence-corrected chi connectivity index (χ1v) is 7.55. The zero-order valence-corrected chi connectivity index (χ0v) is 11.6. The van der Waals surface area contributed by atoms with Crippen molar-refractivity contribution >= 4 is 11.9 Å². The molecule has 4 heteroatoms. The Hall–Kier alpha value is -1.06. The third-order valence-corrected chi connectivity index (χ3v) is 5.40. The Morgan fingerprint density at radius 1 is 1.05 bits per heavy atom. The summed E-state index contributed by atoms with van der Waals surface area (Å²) in [4.78, 5) is 26.0. The number of rotatable bonds is 2. The minimum absolute atomic E-state index is 0.00548. The van der Waals surface area contributed by atoms with Crippen LogP contribution >= 0.6 is 0 Å². The summed E-state index contributed by atoms with van der Waals surface area (Å²) in [7, 11) is 1.44. The molecule has 1 amide bonds. The monoisotopic (exact) mass is 265 g/mol. The first-order valence-electron chi connectivity index (χ1n) is 7.55. The summed E-state index contributed by atoms with van der Waals surface area (Å²) in [5, 5.41) is 0. The van der Waals surface area contributed by atoms with Gasteiger partial charge in [-0.05, 0) is 43.9 Å². The molecule has 2 aliphatic carbocycles. The third-order valence-electron chi connectivity index (χ3n) is 5.40. The van der Waals surface area contributed by atoms with E-state index in [9.17, 15) is 9.59 Å². The predicted molar refractivity (Wildman–Crippen MR) is 70.3 cm³/mol. The lowest BCUT2D eigenvalue weighted by molar-refractivity contribution is -0.150. The van der Waals surface area contributed by atoms with Gasteiger partial charge in [-0.15, -0.1) is 0 Å². The first kappa shape index (κ1) is 12.9. The molecule has 0 radical (unpaired) electrons. The molecular formula is C15H23NO3. The molecule has 3 unspecified atom stereocenters. The van der Waals surface area contributed by atoms with E-state index in [4.69, 9.17) is 4.74 Å². The predicted octanol–water partition coefficient (Wildman–Crippen LogP) is 1.83. The molecule has 3 atom stereocenters. The Morgan fingerprint density at radius 2 is 1.79 bits per heavy atom. The van der Waals surface area contributed by atoms with E-state index >= 15 is 0 Å². The van der Waals surface area contributed by atoms with E-state index in [1.807, 2.05) is 4.90 Å². The van der Waals surface area contributed by atoms with Crippen molar-refractivity contribution in [3.63, 3.8) is 0 Å². The van der Waals surface area contributed by atoms with E-state index in [1.54, 1.807) is 0 Å². The molecule has 3 aliphatic rings. The molecule has 3 rings (SSSR count). The Morgan fingerprint density at radius 3 is 2.32 bits per heavy atom. The van der Waals surface area contributed by atoms with Crippen LogP contribution in [0.2, 0.25) is 0 Å². The number of esters is 1. The van der Waals surface area contributed by atoms with Gasteiger partial charge in [0.1, 0.15) is 0 Å². The normalized spacial score (nSPS) is 34.6. The SMILES string of the molecule is COC(=O)C1CCN(C(=O)C2CC3CCC2C3)CC1. The van der Waals surface area contributed by atoms with Crippen LogP contribution in [0.25, 0.3) is 0 Å². The maximum atomic E-state index is 12.5. The zero-order valence-electron chi connectivity index (χ0n) is 11.6. The molecule has 1 saturated heterocycles. The topological polar surface area (TPSA) is 46.6 Å². The lowest BCUT2D eigenvalue weighted by Gasteiger charge is -2.34. The Labute approximate surface area is 114 Å². The van der Waals surface area contributed by atoms with Crippen LogP contribution in [0.1, 0.15) is 38.5 Å². The number of ether oxygens (including phenoxy) is 1. The van der Waals surface area contributed by atoms with Crippen molar-refractivity contribution in [3.8, 4) is 0 Å². The number of hydrogen-bond donors (Lipinski definition) is 0. The van der Waals surface area contributed by atoms with Crippen LogP contribution in [0, 0.1) is 23.7 Å². The Kier molecular flexibility index (Phi) is 3.50. The smallest absolute Gasteiger partial charge is 0.308 e. The molecule has 19 heavy (non-hydrogen) atoms. The fourth-order valence-electron chi connectivity index (χ4n) is 4.28. The maximum absolute atomic E-state index is 12.5. The van der Waals surface area contributed by atoms with Crippen molar-refractivity contribution in [1.29, 1.82) is 0 Å². The molecule has 1 heterocycles. The Balaban J connectivity index is 1.54. The third kappa shape index (κ3) is 2.37.